The van der Waals surface area contributed by atoms with Gasteiger partial charge in [0.1, 0.15) is 0 Å². The second-order valence-electron chi connectivity index (χ2n) is 4.47. The lowest BCUT2D eigenvalue weighted by Crippen LogP contribution is -2.39. The first-order chi connectivity index (χ1) is 7.50. The summed E-state index contributed by atoms with van der Waals surface area (Å²) >= 11 is 1.84. The van der Waals surface area contributed by atoms with E-state index < -0.39 is 5.60 Å². The summed E-state index contributed by atoms with van der Waals surface area (Å²) in [5.74, 6) is 0. The van der Waals surface area contributed by atoms with Gasteiger partial charge in [-0.05, 0) is 38.3 Å². The summed E-state index contributed by atoms with van der Waals surface area (Å²) in [4.78, 5) is 2.73. The first kappa shape index (κ1) is 13.7. The molecular weight excluding hydrogens is 218 g/mol. The van der Waals surface area contributed by atoms with Gasteiger partial charge in [-0.3, -0.25) is 0 Å². The van der Waals surface area contributed by atoms with E-state index in [1.54, 1.807) is 0 Å². The molecule has 0 aliphatic rings. The molecule has 0 aliphatic heterocycles. The lowest BCUT2D eigenvalue weighted by Gasteiger charge is -2.25. The summed E-state index contributed by atoms with van der Waals surface area (Å²) in [6.07, 6.45) is 1.61. The van der Waals surface area contributed by atoms with Crippen molar-refractivity contribution in [2.45, 2.75) is 52.7 Å². The van der Waals surface area contributed by atoms with Crippen LogP contribution in [0.5, 0.6) is 0 Å². The van der Waals surface area contributed by atoms with Gasteiger partial charge in [0.15, 0.2) is 0 Å². The monoisotopic (exact) mass is 241 g/mol. The molecule has 0 bridgehead atoms. The van der Waals surface area contributed by atoms with Crippen molar-refractivity contribution in [3.8, 4) is 0 Å². The fourth-order valence-corrected chi connectivity index (χ4v) is 2.74. The van der Waals surface area contributed by atoms with Crippen molar-refractivity contribution >= 4 is 11.3 Å². The van der Waals surface area contributed by atoms with Crippen molar-refractivity contribution < 1.29 is 5.11 Å². The van der Waals surface area contributed by atoms with E-state index in [1.807, 2.05) is 25.2 Å². The molecule has 0 amide bonds. The summed E-state index contributed by atoms with van der Waals surface area (Å²) in [5.41, 5.74) is 0.816. The van der Waals surface area contributed by atoms with Crippen molar-refractivity contribution in [2.75, 3.05) is 6.54 Å². The fraction of sp³-hybridized carbons (Fsp3) is 0.692. The summed E-state index contributed by atoms with van der Waals surface area (Å²) < 4.78 is 0. The topological polar surface area (TPSA) is 32.3 Å². The van der Waals surface area contributed by atoms with E-state index in [2.05, 4.69) is 25.2 Å². The molecule has 1 aromatic heterocycles. The first-order valence-electron chi connectivity index (χ1n) is 5.99. The SMILES string of the molecule is CCC(O)(CC)CNCc1cc(C)sc1C. The average molecular weight is 241 g/mol. The highest BCUT2D eigenvalue weighted by Gasteiger charge is 2.21. The Bertz CT molecular complexity index is 329. The minimum atomic E-state index is -0.543. The average Bonchev–Trinajstić information content (AvgIpc) is 2.57. The van der Waals surface area contributed by atoms with Crippen LogP contribution in [0.15, 0.2) is 6.07 Å². The van der Waals surface area contributed by atoms with E-state index in [1.165, 1.54) is 15.3 Å². The van der Waals surface area contributed by atoms with E-state index in [0.717, 1.165) is 19.4 Å². The zero-order chi connectivity index (χ0) is 12.2. The summed E-state index contributed by atoms with van der Waals surface area (Å²) in [6.45, 7) is 9.89. The minimum absolute atomic E-state index is 0.543. The van der Waals surface area contributed by atoms with Crippen LogP contribution >= 0.6 is 11.3 Å². The Morgan fingerprint density at radius 2 is 1.94 bits per heavy atom. The second-order valence-corrected chi connectivity index (χ2v) is 5.93. The van der Waals surface area contributed by atoms with E-state index in [0.29, 0.717) is 6.54 Å². The van der Waals surface area contributed by atoms with Gasteiger partial charge in [0, 0.05) is 22.8 Å². The predicted octanol–water partition coefficient (Wildman–Crippen LogP) is 3.01. The third kappa shape index (κ3) is 3.58. The molecule has 0 fully saturated rings. The van der Waals surface area contributed by atoms with Crippen LogP contribution in [-0.4, -0.2) is 17.3 Å². The van der Waals surface area contributed by atoms with Crippen LogP contribution in [-0.2, 0) is 6.54 Å². The smallest absolute Gasteiger partial charge is 0.0766 e. The molecule has 92 valence electrons. The van der Waals surface area contributed by atoms with E-state index in [-0.39, 0.29) is 0 Å². The number of aliphatic hydroxyl groups is 1. The van der Waals surface area contributed by atoms with Crippen molar-refractivity contribution in [1.82, 2.24) is 5.32 Å². The minimum Gasteiger partial charge on any atom is -0.389 e. The molecule has 16 heavy (non-hydrogen) atoms. The summed E-state index contributed by atoms with van der Waals surface area (Å²) in [7, 11) is 0. The van der Waals surface area contributed by atoms with Crippen molar-refractivity contribution in [3.05, 3.63) is 21.4 Å². The van der Waals surface area contributed by atoms with E-state index in [4.69, 9.17) is 0 Å². The van der Waals surface area contributed by atoms with Crippen LogP contribution in [0.3, 0.4) is 0 Å². The van der Waals surface area contributed by atoms with Crippen LogP contribution in [0, 0.1) is 13.8 Å². The van der Waals surface area contributed by atoms with E-state index >= 15 is 0 Å². The largest absolute Gasteiger partial charge is 0.389 e. The maximum Gasteiger partial charge on any atom is 0.0766 e. The molecule has 0 aromatic carbocycles. The molecule has 0 aliphatic carbocycles. The highest BCUT2D eigenvalue weighted by Crippen LogP contribution is 2.20. The molecule has 0 spiro atoms. The molecule has 1 rings (SSSR count). The zero-order valence-corrected chi connectivity index (χ0v) is 11.6. The Morgan fingerprint density at radius 3 is 2.38 bits per heavy atom. The molecule has 0 atom stereocenters. The zero-order valence-electron chi connectivity index (χ0n) is 10.8. The fourth-order valence-electron chi connectivity index (χ4n) is 1.79. The molecule has 0 saturated carbocycles. The van der Waals surface area contributed by atoms with Gasteiger partial charge in [0.2, 0.25) is 0 Å². The lowest BCUT2D eigenvalue weighted by molar-refractivity contribution is 0.0323. The van der Waals surface area contributed by atoms with Gasteiger partial charge in [0.05, 0.1) is 5.60 Å². The van der Waals surface area contributed by atoms with Crippen LogP contribution < -0.4 is 5.32 Å². The predicted molar refractivity (Wildman–Crippen MR) is 71.0 cm³/mol. The summed E-state index contributed by atoms with van der Waals surface area (Å²) in [6, 6.07) is 2.23. The maximum absolute atomic E-state index is 10.1. The Kier molecular flexibility index (Phi) is 4.96. The van der Waals surface area contributed by atoms with Crippen molar-refractivity contribution in [3.63, 3.8) is 0 Å². The normalized spacial score (nSPS) is 12.1. The Hall–Kier alpha value is -0.380. The molecule has 0 radical (unpaired) electrons. The lowest BCUT2D eigenvalue weighted by atomic mass is 9.97. The quantitative estimate of drug-likeness (QED) is 0.802. The Labute approximate surface area is 103 Å². The van der Waals surface area contributed by atoms with Crippen molar-refractivity contribution in [1.29, 1.82) is 0 Å². The second kappa shape index (κ2) is 5.80. The molecule has 1 heterocycles. The van der Waals surface area contributed by atoms with Gasteiger partial charge in [0.25, 0.3) is 0 Å². The van der Waals surface area contributed by atoms with Crippen LogP contribution in [0.1, 0.15) is 42.0 Å². The third-order valence-electron chi connectivity index (χ3n) is 3.23. The molecule has 0 saturated heterocycles. The number of hydrogen-bond donors (Lipinski definition) is 2. The third-order valence-corrected chi connectivity index (χ3v) is 4.24. The van der Waals surface area contributed by atoms with Gasteiger partial charge in [-0.25, -0.2) is 0 Å². The standard InChI is InChI=1S/C13H23NOS/c1-5-13(15,6-2)9-14-8-12-7-10(3)16-11(12)4/h7,14-15H,5-6,8-9H2,1-4H3. The first-order valence-corrected chi connectivity index (χ1v) is 6.81. The Morgan fingerprint density at radius 1 is 1.31 bits per heavy atom. The molecule has 2 N–H and O–H groups in total. The highest BCUT2D eigenvalue weighted by atomic mass is 32.1. The van der Waals surface area contributed by atoms with Gasteiger partial charge in [-0.1, -0.05) is 13.8 Å². The highest BCUT2D eigenvalue weighted by molar-refractivity contribution is 7.12. The molecular formula is C13H23NOS. The summed E-state index contributed by atoms with van der Waals surface area (Å²) in [5, 5.41) is 13.5. The molecule has 1 aromatic rings. The Balaban J connectivity index is 2.44. The number of rotatable bonds is 6. The van der Waals surface area contributed by atoms with E-state index in [9.17, 15) is 5.11 Å². The van der Waals surface area contributed by atoms with Crippen LogP contribution in [0.25, 0.3) is 0 Å². The van der Waals surface area contributed by atoms with Crippen molar-refractivity contribution in [2.24, 2.45) is 0 Å². The van der Waals surface area contributed by atoms with Gasteiger partial charge >= 0.3 is 0 Å². The van der Waals surface area contributed by atoms with Crippen LogP contribution in [0.4, 0.5) is 0 Å². The maximum atomic E-state index is 10.1. The molecule has 3 heteroatoms. The molecule has 2 nitrogen and oxygen atoms in total. The van der Waals surface area contributed by atoms with Gasteiger partial charge in [-0.15, -0.1) is 11.3 Å². The number of aryl methyl sites for hydroxylation is 2. The number of hydrogen-bond acceptors (Lipinski definition) is 3. The van der Waals surface area contributed by atoms with Gasteiger partial charge in [-0.2, -0.15) is 0 Å². The molecule has 0 unspecified atom stereocenters. The van der Waals surface area contributed by atoms with Crippen LogP contribution in [0.2, 0.25) is 0 Å². The number of nitrogens with one attached hydrogen (secondary N) is 1. The number of thiophene rings is 1. The van der Waals surface area contributed by atoms with Gasteiger partial charge < -0.3 is 10.4 Å².